The zero-order valence-electron chi connectivity index (χ0n) is 10.8. The van der Waals surface area contributed by atoms with Crippen LogP contribution >= 0.6 is 11.3 Å². The highest BCUT2D eigenvalue weighted by molar-refractivity contribution is 7.13. The number of fused-ring (bicyclic) bond motifs is 4. The molecule has 0 bridgehead atoms. The lowest BCUT2D eigenvalue weighted by Gasteiger charge is -2.16. The van der Waals surface area contributed by atoms with E-state index in [1.54, 1.807) is 0 Å². The van der Waals surface area contributed by atoms with Crippen LogP contribution < -0.4 is 0 Å². The number of benzene rings is 1. The molecule has 0 fully saturated rings. The molecular weight excluding hydrogens is 280 g/mol. The van der Waals surface area contributed by atoms with Crippen LogP contribution in [0.1, 0.15) is 15.4 Å². The highest BCUT2D eigenvalue weighted by atomic mass is 32.1. The summed E-state index contributed by atoms with van der Waals surface area (Å²) in [5, 5.41) is 4.93. The number of aromatic nitrogens is 2. The van der Waals surface area contributed by atoms with E-state index in [1.165, 1.54) is 11.3 Å². The van der Waals surface area contributed by atoms with Crippen LogP contribution in [0.4, 0.5) is 0 Å². The Bertz CT molecular complexity index is 1060. The Morgan fingerprint density at radius 3 is 2.81 bits per heavy atom. The SMILES string of the molecule is O=C1c2sccc2-c2nccc3c2c1nc1ccccc13. The zero-order valence-corrected chi connectivity index (χ0v) is 11.6. The fourth-order valence-electron chi connectivity index (χ4n) is 3.05. The van der Waals surface area contributed by atoms with Crippen molar-refractivity contribution in [3.63, 3.8) is 0 Å². The summed E-state index contributed by atoms with van der Waals surface area (Å²) >= 11 is 1.46. The zero-order chi connectivity index (χ0) is 14.0. The van der Waals surface area contributed by atoms with Crippen molar-refractivity contribution in [2.75, 3.05) is 0 Å². The molecule has 4 aromatic rings. The number of pyridine rings is 2. The normalized spacial score (nSPS) is 12.9. The van der Waals surface area contributed by atoms with Crippen LogP contribution in [-0.4, -0.2) is 15.8 Å². The van der Waals surface area contributed by atoms with Crippen LogP contribution in [0.5, 0.6) is 0 Å². The maximum absolute atomic E-state index is 12.7. The van der Waals surface area contributed by atoms with E-state index in [-0.39, 0.29) is 5.78 Å². The molecular formula is C17H8N2OS. The van der Waals surface area contributed by atoms with E-state index in [2.05, 4.69) is 9.97 Å². The van der Waals surface area contributed by atoms with Gasteiger partial charge in [0.05, 0.1) is 16.1 Å². The van der Waals surface area contributed by atoms with Gasteiger partial charge in [-0.15, -0.1) is 11.3 Å². The molecule has 1 aliphatic rings. The summed E-state index contributed by atoms with van der Waals surface area (Å²) in [6.45, 7) is 0. The van der Waals surface area contributed by atoms with Gasteiger partial charge in [0.25, 0.3) is 0 Å². The fraction of sp³-hybridized carbons (Fsp3) is 0. The van der Waals surface area contributed by atoms with Gasteiger partial charge in [0.15, 0.2) is 0 Å². The van der Waals surface area contributed by atoms with Crippen molar-refractivity contribution in [3.05, 3.63) is 58.5 Å². The van der Waals surface area contributed by atoms with Crippen molar-refractivity contribution in [2.24, 2.45) is 0 Å². The quantitative estimate of drug-likeness (QED) is 0.404. The molecule has 0 atom stereocenters. The molecule has 4 heteroatoms. The van der Waals surface area contributed by atoms with Crippen LogP contribution in [0.25, 0.3) is 32.9 Å². The third-order valence-corrected chi connectivity index (χ3v) is 4.87. The molecule has 0 saturated carbocycles. The summed E-state index contributed by atoms with van der Waals surface area (Å²) in [5.74, 6) is 0.0104. The molecule has 0 amide bonds. The van der Waals surface area contributed by atoms with Crippen LogP contribution in [0, 0.1) is 0 Å². The Hall–Kier alpha value is -2.59. The molecule has 0 unspecified atom stereocenters. The van der Waals surface area contributed by atoms with Crippen molar-refractivity contribution >= 4 is 38.8 Å². The van der Waals surface area contributed by atoms with Crippen molar-refractivity contribution in [1.82, 2.24) is 9.97 Å². The van der Waals surface area contributed by atoms with Gasteiger partial charge >= 0.3 is 0 Å². The predicted molar refractivity (Wildman–Crippen MR) is 83.8 cm³/mol. The van der Waals surface area contributed by atoms with E-state index in [1.807, 2.05) is 48.0 Å². The lowest BCUT2D eigenvalue weighted by molar-refractivity contribution is 0.103. The molecule has 0 radical (unpaired) electrons. The molecule has 98 valence electrons. The predicted octanol–water partition coefficient (Wildman–Crippen LogP) is 4.06. The lowest BCUT2D eigenvalue weighted by atomic mass is 9.93. The maximum Gasteiger partial charge on any atom is 0.222 e. The average Bonchev–Trinajstić information content (AvgIpc) is 3.02. The molecule has 0 N–H and O–H groups in total. The number of thiophene rings is 1. The second-order valence-electron chi connectivity index (χ2n) is 5.05. The van der Waals surface area contributed by atoms with Crippen molar-refractivity contribution < 1.29 is 4.79 Å². The van der Waals surface area contributed by atoms with E-state index in [0.717, 1.165) is 37.8 Å². The largest absolute Gasteiger partial charge is 0.286 e. The van der Waals surface area contributed by atoms with E-state index in [0.29, 0.717) is 5.69 Å². The Morgan fingerprint density at radius 1 is 0.952 bits per heavy atom. The standard InChI is InChI=1S/C17H8N2OS/c20-16-15-13-10(9-3-1-2-4-12(9)19-15)5-7-18-14(13)11-6-8-21-17(11)16/h1-8H. The highest BCUT2D eigenvalue weighted by Gasteiger charge is 2.29. The minimum absolute atomic E-state index is 0.0104. The van der Waals surface area contributed by atoms with E-state index < -0.39 is 0 Å². The minimum Gasteiger partial charge on any atom is -0.286 e. The first-order chi connectivity index (χ1) is 10.3. The molecule has 0 spiro atoms. The summed E-state index contributed by atoms with van der Waals surface area (Å²) in [4.78, 5) is 22.6. The van der Waals surface area contributed by atoms with E-state index in [4.69, 9.17) is 0 Å². The molecule has 5 rings (SSSR count). The van der Waals surface area contributed by atoms with Crippen molar-refractivity contribution in [1.29, 1.82) is 0 Å². The first-order valence-electron chi connectivity index (χ1n) is 6.64. The lowest BCUT2D eigenvalue weighted by Crippen LogP contribution is -2.11. The fourth-order valence-corrected chi connectivity index (χ4v) is 3.88. The van der Waals surface area contributed by atoms with Crippen molar-refractivity contribution in [2.45, 2.75) is 0 Å². The number of rotatable bonds is 0. The molecule has 3 aromatic heterocycles. The second-order valence-corrected chi connectivity index (χ2v) is 5.97. The van der Waals surface area contributed by atoms with Gasteiger partial charge in [-0.05, 0) is 29.0 Å². The maximum atomic E-state index is 12.7. The Labute approximate surface area is 123 Å². The van der Waals surface area contributed by atoms with Gasteiger partial charge in [0.1, 0.15) is 5.69 Å². The molecule has 0 saturated heterocycles. The third kappa shape index (κ3) is 1.30. The van der Waals surface area contributed by atoms with Crippen LogP contribution in [0.15, 0.2) is 48.0 Å². The summed E-state index contributed by atoms with van der Waals surface area (Å²) in [7, 11) is 0. The first kappa shape index (κ1) is 11.1. The smallest absolute Gasteiger partial charge is 0.222 e. The van der Waals surface area contributed by atoms with Gasteiger partial charge < -0.3 is 0 Å². The van der Waals surface area contributed by atoms with Gasteiger partial charge in [-0.3, -0.25) is 9.78 Å². The number of carbonyl (C=O) groups excluding carboxylic acids is 1. The van der Waals surface area contributed by atoms with Crippen LogP contribution in [0.2, 0.25) is 0 Å². The molecule has 1 aliphatic carbocycles. The molecule has 3 nitrogen and oxygen atoms in total. The van der Waals surface area contributed by atoms with E-state index in [9.17, 15) is 4.79 Å². The number of para-hydroxylation sites is 1. The van der Waals surface area contributed by atoms with Gasteiger partial charge in [-0.1, -0.05) is 18.2 Å². The summed E-state index contributed by atoms with van der Waals surface area (Å²) in [6.07, 6.45) is 1.81. The van der Waals surface area contributed by atoms with Gasteiger partial charge in [-0.2, -0.15) is 0 Å². The van der Waals surface area contributed by atoms with Crippen LogP contribution in [-0.2, 0) is 0 Å². The Kier molecular flexibility index (Phi) is 1.98. The van der Waals surface area contributed by atoms with E-state index >= 15 is 0 Å². The minimum atomic E-state index is 0.0104. The van der Waals surface area contributed by atoms with Crippen LogP contribution in [0.3, 0.4) is 0 Å². The summed E-state index contributed by atoms with van der Waals surface area (Å²) in [6, 6.07) is 11.9. The van der Waals surface area contributed by atoms with Gasteiger partial charge in [-0.25, -0.2) is 4.98 Å². The third-order valence-electron chi connectivity index (χ3n) is 3.96. The molecule has 1 aromatic carbocycles. The highest BCUT2D eigenvalue weighted by Crippen LogP contribution is 2.41. The molecule has 3 heterocycles. The summed E-state index contributed by atoms with van der Waals surface area (Å²) in [5.41, 5.74) is 3.18. The topological polar surface area (TPSA) is 42.9 Å². The number of hydrogen-bond donors (Lipinski definition) is 0. The number of nitrogens with zero attached hydrogens (tertiary/aromatic N) is 2. The monoisotopic (exact) mass is 288 g/mol. The van der Waals surface area contributed by atoms with Crippen molar-refractivity contribution in [3.8, 4) is 11.3 Å². The summed E-state index contributed by atoms with van der Waals surface area (Å²) < 4.78 is 0. The first-order valence-corrected chi connectivity index (χ1v) is 7.52. The van der Waals surface area contributed by atoms with Gasteiger partial charge in [0.2, 0.25) is 5.78 Å². The average molecular weight is 288 g/mol. The number of carbonyl (C=O) groups is 1. The number of hydrogen-bond acceptors (Lipinski definition) is 4. The van der Waals surface area contributed by atoms with Gasteiger partial charge in [0, 0.05) is 22.5 Å². The Morgan fingerprint density at radius 2 is 1.86 bits per heavy atom. The molecule has 0 aliphatic heterocycles. The number of ketones is 1. The second kappa shape index (κ2) is 3.74. The Balaban J connectivity index is 2.11. The molecule has 21 heavy (non-hydrogen) atoms.